The minimum absolute atomic E-state index is 0.0217. The van der Waals surface area contributed by atoms with Gasteiger partial charge in [0.2, 0.25) is 5.91 Å². The first kappa shape index (κ1) is 21.9. The minimum Gasteiger partial charge on any atom is -0.480 e. The third kappa shape index (κ3) is 5.10. The average molecular weight is 437 g/mol. The topological polar surface area (TPSA) is 95.9 Å². The Morgan fingerprint density at radius 3 is 2.19 bits per heavy atom. The number of carboxylic acids is 1. The lowest BCUT2D eigenvalue weighted by Crippen LogP contribution is -2.37. The lowest BCUT2D eigenvalue weighted by Gasteiger charge is -2.20. The van der Waals surface area contributed by atoms with E-state index in [0.29, 0.717) is 19.4 Å². The molecule has 1 fully saturated rings. The van der Waals surface area contributed by atoms with Crippen LogP contribution >= 0.6 is 0 Å². The molecule has 1 saturated carbocycles. The number of fused-ring (bicyclic) bond motifs is 3. The van der Waals surface area contributed by atoms with Crippen LogP contribution in [0.4, 0.5) is 4.79 Å². The van der Waals surface area contributed by atoms with Crippen LogP contribution in [0.5, 0.6) is 0 Å². The predicted molar refractivity (Wildman–Crippen MR) is 119 cm³/mol. The maximum atomic E-state index is 12.3. The maximum Gasteiger partial charge on any atom is 0.407 e. The molecule has 0 radical (unpaired) electrons. The Balaban J connectivity index is 1.19. The van der Waals surface area contributed by atoms with Gasteiger partial charge in [-0.15, -0.1) is 0 Å². The van der Waals surface area contributed by atoms with Crippen molar-refractivity contribution in [2.75, 3.05) is 19.7 Å². The van der Waals surface area contributed by atoms with Gasteiger partial charge in [0.15, 0.2) is 0 Å². The number of carbonyl (C=O) groups excluding carboxylic acids is 2. The van der Waals surface area contributed by atoms with Gasteiger partial charge in [0, 0.05) is 24.9 Å². The molecule has 0 unspecified atom stereocenters. The highest BCUT2D eigenvalue weighted by molar-refractivity contribution is 5.82. The first-order valence-electron chi connectivity index (χ1n) is 11.1. The number of hydrogen-bond donors (Lipinski definition) is 2. The Morgan fingerprint density at radius 2 is 1.59 bits per heavy atom. The molecule has 2 aromatic carbocycles. The van der Waals surface area contributed by atoms with Crippen molar-refractivity contribution in [3.8, 4) is 11.1 Å². The largest absolute Gasteiger partial charge is 0.480 e. The van der Waals surface area contributed by atoms with Crippen LogP contribution in [0, 0.1) is 0 Å². The standard InChI is InChI=1S/C25H28N2O5/c28-23(27(15-24(29)30)17-12-13-17)11-5-6-14-26-25(31)32-16-22-20-9-3-1-7-18(20)19-8-2-4-10-21(19)22/h1-4,7-10,17,22H,5-6,11-16H2,(H,26,31)(H,29,30). The number of alkyl carbamates (subject to hydrolysis) is 1. The van der Waals surface area contributed by atoms with Crippen LogP contribution < -0.4 is 5.32 Å². The summed E-state index contributed by atoms with van der Waals surface area (Å²) < 4.78 is 5.50. The molecule has 2 aliphatic carbocycles. The fourth-order valence-electron chi connectivity index (χ4n) is 4.34. The molecule has 0 aliphatic heterocycles. The zero-order chi connectivity index (χ0) is 22.5. The van der Waals surface area contributed by atoms with Crippen molar-refractivity contribution in [3.05, 3.63) is 59.7 Å². The predicted octanol–water partition coefficient (Wildman–Crippen LogP) is 3.77. The molecule has 7 nitrogen and oxygen atoms in total. The van der Waals surface area contributed by atoms with Gasteiger partial charge in [0.1, 0.15) is 13.2 Å². The van der Waals surface area contributed by atoms with Crippen LogP contribution in [0.1, 0.15) is 49.1 Å². The number of benzene rings is 2. The van der Waals surface area contributed by atoms with Gasteiger partial charge >= 0.3 is 12.1 Å². The second-order valence-corrected chi connectivity index (χ2v) is 8.36. The van der Waals surface area contributed by atoms with Crippen molar-refractivity contribution >= 4 is 18.0 Å². The van der Waals surface area contributed by atoms with Crippen LogP contribution in [-0.2, 0) is 14.3 Å². The number of amides is 2. The monoisotopic (exact) mass is 436 g/mol. The third-order valence-corrected chi connectivity index (χ3v) is 6.04. The first-order chi connectivity index (χ1) is 15.5. The molecule has 4 rings (SSSR count). The molecule has 0 spiro atoms. The number of hydrogen-bond acceptors (Lipinski definition) is 4. The summed E-state index contributed by atoms with van der Waals surface area (Å²) in [5.74, 6) is -1.09. The molecule has 7 heteroatoms. The van der Waals surface area contributed by atoms with Crippen LogP contribution in [0.2, 0.25) is 0 Å². The van der Waals surface area contributed by atoms with Crippen molar-refractivity contribution < 1.29 is 24.2 Å². The van der Waals surface area contributed by atoms with E-state index in [0.717, 1.165) is 12.8 Å². The smallest absolute Gasteiger partial charge is 0.407 e. The molecular formula is C25H28N2O5. The van der Waals surface area contributed by atoms with Gasteiger partial charge in [-0.3, -0.25) is 9.59 Å². The zero-order valence-electron chi connectivity index (χ0n) is 18.0. The Kier molecular flexibility index (Phi) is 6.73. The first-order valence-corrected chi connectivity index (χ1v) is 11.1. The summed E-state index contributed by atoms with van der Waals surface area (Å²) in [6.07, 6.45) is 2.79. The zero-order valence-corrected chi connectivity index (χ0v) is 18.0. The van der Waals surface area contributed by atoms with Crippen LogP contribution in [0.25, 0.3) is 11.1 Å². The summed E-state index contributed by atoms with van der Waals surface area (Å²) in [5, 5.41) is 11.7. The Morgan fingerprint density at radius 1 is 0.969 bits per heavy atom. The second-order valence-electron chi connectivity index (χ2n) is 8.36. The highest BCUT2D eigenvalue weighted by Crippen LogP contribution is 2.44. The SMILES string of the molecule is O=C(O)CN(C(=O)CCCCNC(=O)OCC1c2ccccc2-c2ccccc21)C1CC1. The fraction of sp³-hybridized carbons (Fsp3) is 0.400. The average Bonchev–Trinajstić information content (AvgIpc) is 3.58. The van der Waals surface area contributed by atoms with Gasteiger partial charge in [-0.1, -0.05) is 48.5 Å². The Bertz CT molecular complexity index is 956. The normalized spacial score (nSPS) is 14.4. The van der Waals surface area contributed by atoms with Crippen molar-refractivity contribution in [1.29, 1.82) is 0 Å². The van der Waals surface area contributed by atoms with Gasteiger partial charge in [0.25, 0.3) is 0 Å². The molecule has 2 aromatic rings. The second kappa shape index (κ2) is 9.85. The highest BCUT2D eigenvalue weighted by Gasteiger charge is 2.33. The van der Waals surface area contributed by atoms with Gasteiger partial charge in [0.05, 0.1) is 0 Å². The number of carboxylic acid groups (broad SMARTS) is 1. The van der Waals surface area contributed by atoms with Gasteiger partial charge in [-0.2, -0.15) is 0 Å². The summed E-state index contributed by atoms with van der Waals surface area (Å²) >= 11 is 0. The summed E-state index contributed by atoms with van der Waals surface area (Å²) in [7, 11) is 0. The maximum absolute atomic E-state index is 12.3. The van der Waals surface area contributed by atoms with E-state index in [1.54, 1.807) is 0 Å². The molecular weight excluding hydrogens is 408 g/mol. The number of rotatable bonds is 10. The van der Waals surface area contributed by atoms with Crippen molar-refractivity contribution in [3.63, 3.8) is 0 Å². The molecule has 168 valence electrons. The summed E-state index contributed by atoms with van der Waals surface area (Å²) in [5.41, 5.74) is 4.71. The van der Waals surface area contributed by atoms with E-state index in [-0.39, 0.29) is 37.4 Å². The molecule has 2 aliphatic rings. The number of nitrogens with one attached hydrogen (secondary N) is 1. The van der Waals surface area contributed by atoms with E-state index in [9.17, 15) is 14.4 Å². The molecule has 0 bridgehead atoms. The highest BCUT2D eigenvalue weighted by atomic mass is 16.5. The van der Waals surface area contributed by atoms with Crippen LogP contribution in [0.3, 0.4) is 0 Å². The number of aliphatic carboxylic acids is 1. The quantitative estimate of drug-likeness (QED) is 0.553. The van der Waals surface area contributed by atoms with Crippen molar-refractivity contribution in [2.24, 2.45) is 0 Å². The van der Waals surface area contributed by atoms with Gasteiger partial charge < -0.3 is 20.1 Å². The molecule has 2 amide bonds. The summed E-state index contributed by atoms with van der Waals surface area (Å²) in [6, 6.07) is 16.5. The number of nitrogens with zero attached hydrogens (tertiary/aromatic N) is 1. The van der Waals surface area contributed by atoms with Crippen molar-refractivity contribution in [2.45, 2.75) is 44.1 Å². The lowest BCUT2D eigenvalue weighted by molar-refractivity contribution is -0.145. The number of ether oxygens (including phenoxy) is 1. The van der Waals surface area contributed by atoms with E-state index >= 15 is 0 Å². The van der Waals surface area contributed by atoms with E-state index in [2.05, 4.69) is 29.6 Å². The van der Waals surface area contributed by atoms with E-state index in [1.165, 1.54) is 27.2 Å². The van der Waals surface area contributed by atoms with Gasteiger partial charge in [-0.05, 0) is 47.9 Å². The minimum atomic E-state index is -0.984. The van der Waals surface area contributed by atoms with Crippen LogP contribution in [0.15, 0.2) is 48.5 Å². The van der Waals surface area contributed by atoms with E-state index < -0.39 is 12.1 Å². The van der Waals surface area contributed by atoms with E-state index in [1.807, 2.05) is 24.3 Å². The lowest BCUT2D eigenvalue weighted by atomic mass is 9.98. The number of carbonyl (C=O) groups is 3. The van der Waals surface area contributed by atoms with Gasteiger partial charge in [-0.25, -0.2) is 4.79 Å². The summed E-state index contributed by atoms with van der Waals surface area (Å²) in [4.78, 5) is 36.8. The number of unbranched alkanes of at least 4 members (excludes halogenated alkanes) is 1. The summed E-state index contributed by atoms with van der Waals surface area (Å²) in [6.45, 7) is 0.442. The van der Waals surface area contributed by atoms with E-state index in [4.69, 9.17) is 9.84 Å². The molecule has 0 aromatic heterocycles. The fourth-order valence-corrected chi connectivity index (χ4v) is 4.34. The molecule has 0 atom stereocenters. The Labute approximate surface area is 187 Å². The molecule has 0 heterocycles. The Hall–Kier alpha value is -3.35. The molecule has 0 saturated heterocycles. The molecule has 2 N–H and O–H groups in total. The third-order valence-electron chi connectivity index (χ3n) is 6.04. The van der Waals surface area contributed by atoms with Crippen molar-refractivity contribution in [1.82, 2.24) is 10.2 Å². The molecule has 32 heavy (non-hydrogen) atoms. The van der Waals surface area contributed by atoms with Crippen LogP contribution in [-0.4, -0.2) is 53.7 Å².